The Morgan fingerprint density at radius 3 is 2.82 bits per heavy atom. The molecule has 1 unspecified atom stereocenters. The zero-order chi connectivity index (χ0) is 15.8. The van der Waals surface area contributed by atoms with Crippen LogP contribution in [0.2, 0.25) is 0 Å². The quantitative estimate of drug-likeness (QED) is 0.773. The van der Waals surface area contributed by atoms with Crippen LogP contribution in [0.1, 0.15) is 19.3 Å². The fraction of sp³-hybridized carbons (Fsp3) is 0.500. The number of ether oxygens (including phenoxy) is 2. The number of nitrogens with zero attached hydrogens (tertiary/aromatic N) is 1. The van der Waals surface area contributed by atoms with E-state index in [1.807, 2.05) is 30.3 Å². The Bertz CT molecular complexity index is 491. The van der Waals surface area contributed by atoms with Crippen LogP contribution < -0.4 is 4.74 Å². The van der Waals surface area contributed by atoms with Gasteiger partial charge in [-0.15, -0.1) is 0 Å². The van der Waals surface area contributed by atoms with Crippen molar-refractivity contribution in [3.63, 3.8) is 0 Å². The molecule has 1 aliphatic heterocycles. The maximum atomic E-state index is 12.2. The summed E-state index contributed by atoms with van der Waals surface area (Å²) in [4.78, 5) is 24.7. The van der Waals surface area contributed by atoms with Crippen molar-refractivity contribution in [1.82, 2.24) is 4.90 Å². The van der Waals surface area contributed by atoms with E-state index < -0.39 is 5.97 Å². The first-order valence-electron chi connectivity index (χ1n) is 7.43. The van der Waals surface area contributed by atoms with Crippen LogP contribution >= 0.6 is 0 Å². The molecule has 1 fully saturated rings. The second-order valence-corrected chi connectivity index (χ2v) is 5.18. The number of carbonyl (C=O) groups is 2. The van der Waals surface area contributed by atoms with Crippen molar-refractivity contribution in [2.75, 3.05) is 26.4 Å². The van der Waals surface area contributed by atoms with Crippen molar-refractivity contribution in [3.8, 4) is 5.75 Å². The van der Waals surface area contributed by atoms with E-state index in [1.165, 1.54) is 0 Å². The van der Waals surface area contributed by atoms with Gasteiger partial charge in [0.25, 0.3) is 0 Å². The van der Waals surface area contributed by atoms with Crippen molar-refractivity contribution < 1.29 is 24.2 Å². The Hall–Kier alpha value is -2.08. The number of carbonyl (C=O) groups excluding carboxylic acids is 1. The molecule has 1 aromatic rings. The van der Waals surface area contributed by atoms with Gasteiger partial charge < -0.3 is 19.5 Å². The summed E-state index contributed by atoms with van der Waals surface area (Å²) in [5, 5.41) is 8.89. The van der Waals surface area contributed by atoms with Crippen molar-refractivity contribution in [1.29, 1.82) is 0 Å². The lowest BCUT2D eigenvalue weighted by Crippen LogP contribution is -2.49. The van der Waals surface area contributed by atoms with Crippen LogP contribution in [-0.4, -0.2) is 54.3 Å². The van der Waals surface area contributed by atoms with E-state index in [9.17, 15) is 9.59 Å². The Morgan fingerprint density at radius 2 is 2.09 bits per heavy atom. The molecular weight excluding hydrogens is 286 g/mol. The SMILES string of the molecule is O=C(O)CC1COCCN1C(=O)CCCOc1ccccc1. The highest BCUT2D eigenvalue weighted by molar-refractivity contribution is 5.77. The van der Waals surface area contributed by atoms with Gasteiger partial charge in [-0.3, -0.25) is 9.59 Å². The minimum Gasteiger partial charge on any atom is -0.494 e. The second-order valence-electron chi connectivity index (χ2n) is 5.18. The van der Waals surface area contributed by atoms with E-state index in [0.29, 0.717) is 39.2 Å². The van der Waals surface area contributed by atoms with E-state index >= 15 is 0 Å². The summed E-state index contributed by atoms with van der Waals surface area (Å²) >= 11 is 0. The summed E-state index contributed by atoms with van der Waals surface area (Å²) < 4.78 is 10.8. The third-order valence-corrected chi connectivity index (χ3v) is 3.51. The molecule has 6 heteroatoms. The average Bonchev–Trinajstić information content (AvgIpc) is 2.52. The number of hydrogen-bond acceptors (Lipinski definition) is 4. The Balaban J connectivity index is 1.74. The number of carboxylic acids is 1. The number of rotatable bonds is 7. The van der Waals surface area contributed by atoms with Crippen LogP contribution in [-0.2, 0) is 14.3 Å². The fourth-order valence-corrected chi connectivity index (χ4v) is 2.43. The highest BCUT2D eigenvalue weighted by atomic mass is 16.5. The van der Waals surface area contributed by atoms with Crippen molar-refractivity contribution in [2.45, 2.75) is 25.3 Å². The Labute approximate surface area is 129 Å². The minimum absolute atomic E-state index is 0.0359. The molecule has 1 N–H and O–H groups in total. The number of benzene rings is 1. The highest BCUT2D eigenvalue weighted by Gasteiger charge is 2.28. The summed E-state index contributed by atoms with van der Waals surface area (Å²) in [6.45, 7) is 1.67. The van der Waals surface area contributed by atoms with Crippen LogP contribution in [0.4, 0.5) is 0 Å². The van der Waals surface area contributed by atoms with Crippen LogP contribution in [0, 0.1) is 0 Å². The predicted octanol–water partition coefficient (Wildman–Crippen LogP) is 1.55. The molecule has 0 saturated carbocycles. The molecule has 1 aliphatic rings. The zero-order valence-corrected chi connectivity index (χ0v) is 12.4. The molecule has 0 spiro atoms. The standard InChI is InChI=1S/C16H21NO5/c18-15(7-4-9-22-14-5-2-1-3-6-14)17-8-10-21-12-13(17)11-16(19)20/h1-3,5-6,13H,4,7-12H2,(H,19,20). The van der Waals surface area contributed by atoms with Gasteiger partial charge in [0, 0.05) is 13.0 Å². The summed E-state index contributed by atoms with van der Waals surface area (Å²) in [6.07, 6.45) is 0.875. The monoisotopic (exact) mass is 307 g/mol. The topological polar surface area (TPSA) is 76.1 Å². The van der Waals surface area contributed by atoms with Crippen molar-refractivity contribution >= 4 is 11.9 Å². The zero-order valence-electron chi connectivity index (χ0n) is 12.4. The normalized spacial score (nSPS) is 18.0. The summed E-state index contributed by atoms with van der Waals surface area (Å²) in [7, 11) is 0. The molecule has 0 aromatic heterocycles. The molecule has 2 rings (SSSR count). The van der Waals surface area contributed by atoms with E-state index in [1.54, 1.807) is 4.90 Å². The lowest BCUT2D eigenvalue weighted by atomic mass is 10.1. The molecule has 1 saturated heterocycles. The smallest absolute Gasteiger partial charge is 0.305 e. The number of carboxylic acid groups (broad SMARTS) is 1. The van der Waals surface area contributed by atoms with E-state index in [0.717, 1.165) is 5.75 Å². The predicted molar refractivity (Wildman–Crippen MR) is 79.7 cm³/mol. The van der Waals surface area contributed by atoms with Gasteiger partial charge in [-0.25, -0.2) is 0 Å². The van der Waals surface area contributed by atoms with Gasteiger partial charge in [-0.2, -0.15) is 0 Å². The van der Waals surface area contributed by atoms with Gasteiger partial charge in [0.15, 0.2) is 0 Å². The van der Waals surface area contributed by atoms with Gasteiger partial charge in [0.1, 0.15) is 5.75 Å². The average molecular weight is 307 g/mol. The van der Waals surface area contributed by atoms with Crippen LogP contribution in [0.5, 0.6) is 5.75 Å². The van der Waals surface area contributed by atoms with Gasteiger partial charge in [0.05, 0.1) is 32.3 Å². The number of amides is 1. The highest BCUT2D eigenvalue weighted by Crippen LogP contribution is 2.14. The molecule has 1 heterocycles. The van der Waals surface area contributed by atoms with E-state index in [4.69, 9.17) is 14.6 Å². The maximum Gasteiger partial charge on any atom is 0.305 e. The molecular formula is C16H21NO5. The molecule has 1 aromatic carbocycles. The summed E-state index contributed by atoms with van der Waals surface area (Å²) in [5.74, 6) is -0.169. The van der Waals surface area contributed by atoms with Crippen LogP contribution in [0.3, 0.4) is 0 Å². The van der Waals surface area contributed by atoms with Gasteiger partial charge >= 0.3 is 5.97 Å². The summed E-state index contributed by atoms with van der Waals surface area (Å²) in [5.41, 5.74) is 0. The van der Waals surface area contributed by atoms with Crippen LogP contribution in [0.15, 0.2) is 30.3 Å². The number of para-hydroxylation sites is 1. The first kappa shape index (κ1) is 16.3. The lowest BCUT2D eigenvalue weighted by molar-refractivity contribution is -0.146. The molecule has 120 valence electrons. The number of hydrogen-bond donors (Lipinski definition) is 1. The number of aliphatic carboxylic acids is 1. The molecule has 1 atom stereocenters. The molecule has 22 heavy (non-hydrogen) atoms. The summed E-state index contributed by atoms with van der Waals surface area (Å²) in [6, 6.07) is 9.07. The molecule has 0 aliphatic carbocycles. The Kier molecular flexibility index (Phi) is 6.21. The van der Waals surface area contributed by atoms with Gasteiger partial charge in [-0.1, -0.05) is 18.2 Å². The molecule has 6 nitrogen and oxygen atoms in total. The third-order valence-electron chi connectivity index (χ3n) is 3.51. The largest absolute Gasteiger partial charge is 0.494 e. The van der Waals surface area contributed by atoms with E-state index in [-0.39, 0.29) is 18.4 Å². The molecule has 0 bridgehead atoms. The van der Waals surface area contributed by atoms with E-state index in [2.05, 4.69) is 0 Å². The Morgan fingerprint density at radius 1 is 1.32 bits per heavy atom. The first-order chi connectivity index (χ1) is 10.7. The second kappa shape index (κ2) is 8.38. The third kappa shape index (κ3) is 5.04. The van der Waals surface area contributed by atoms with Gasteiger partial charge in [-0.05, 0) is 18.6 Å². The number of morpholine rings is 1. The fourth-order valence-electron chi connectivity index (χ4n) is 2.43. The van der Waals surface area contributed by atoms with Crippen LogP contribution in [0.25, 0.3) is 0 Å². The van der Waals surface area contributed by atoms with Gasteiger partial charge in [0.2, 0.25) is 5.91 Å². The first-order valence-corrected chi connectivity index (χ1v) is 7.43. The maximum absolute atomic E-state index is 12.2. The lowest BCUT2D eigenvalue weighted by Gasteiger charge is -2.34. The molecule has 0 radical (unpaired) electrons. The minimum atomic E-state index is -0.916. The van der Waals surface area contributed by atoms with Crippen molar-refractivity contribution in [3.05, 3.63) is 30.3 Å². The van der Waals surface area contributed by atoms with Crippen molar-refractivity contribution in [2.24, 2.45) is 0 Å². The molecule has 1 amide bonds.